The van der Waals surface area contributed by atoms with E-state index in [1.807, 2.05) is 0 Å². The lowest BCUT2D eigenvalue weighted by molar-refractivity contribution is -0.137. The van der Waals surface area contributed by atoms with Crippen LogP contribution in [0.4, 0.5) is 0 Å². The van der Waals surface area contributed by atoms with Crippen LogP contribution in [0.2, 0.25) is 0 Å². The Bertz CT molecular complexity index is 355. The van der Waals surface area contributed by atoms with Gasteiger partial charge >= 0.3 is 5.97 Å². The minimum Gasteiger partial charge on any atom is -0.481 e. The number of aliphatic hydroxyl groups is 1. The van der Waals surface area contributed by atoms with Gasteiger partial charge in [0.05, 0.1) is 6.61 Å². The Kier molecular flexibility index (Phi) is 5.60. The van der Waals surface area contributed by atoms with Crippen LogP contribution in [-0.2, 0) is 4.79 Å². The molecule has 2 N–H and O–H groups in total. The normalized spacial score (nSPS) is 21.8. The summed E-state index contributed by atoms with van der Waals surface area (Å²) in [6, 6.07) is 0. The first-order valence-corrected chi connectivity index (χ1v) is 6.64. The zero-order valence-corrected chi connectivity index (χ0v) is 11.4. The van der Waals surface area contributed by atoms with Gasteiger partial charge in [0.2, 0.25) is 0 Å². The molecule has 0 heterocycles. The molecule has 18 heavy (non-hydrogen) atoms. The molecule has 0 aromatic heterocycles. The van der Waals surface area contributed by atoms with Crippen molar-refractivity contribution in [2.45, 2.75) is 46.0 Å². The molecule has 3 nitrogen and oxygen atoms in total. The van der Waals surface area contributed by atoms with E-state index in [4.69, 9.17) is 10.2 Å². The summed E-state index contributed by atoms with van der Waals surface area (Å²) in [6.07, 6.45) is 3.95. The van der Waals surface area contributed by atoms with Gasteiger partial charge in [-0.25, -0.2) is 0 Å². The van der Waals surface area contributed by atoms with Crippen molar-refractivity contribution in [1.29, 1.82) is 0 Å². The van der Waals surface area contributed by atoms with Gasteiger partial charge in [-0.2, -0.15) is 0 Å². The lowest BCUT2D eigenvalue weighted by atomic mass is 9.76. The molecule has 0 bridgehead atoms. The lowest BCUT2D eigenvalue weighted by Gasteiger charge is -2.30. The summed E-state index contributed by atoms with van der Waals surface area (Å²) in [5.41, 5.74) is 3.68. The summed E-state index contributed by atoms with van der Waals surface area (Å²) in [6.45, 7) is 8.23. The third-order valence-electron chi connectivity index (χ3n) is 4.05. The molecular weight excluding hydrogens is 228 g/mol. The largest absolute Gasteiger partial charge is 0.481 e. The average molecular weight is 252 g/mol. The topological polar surface area (TPSA) is 57.5 Å². The first-order valence-electron chi connectivity index (χ1n) is 6.64. The van der Waals surface area contributed by atoms with E-state index >= 15 is 0 Å². The van der Waals surface area contributed by atoms with Gasteiger partial charge in [0, 0.05) is 6.42 Å². The van der Waals surface area contributed by atoms with Crippen LogP contribution in [0.5, 0.6) is 0 Å². The number of rotatable bonds is 6. The van der Waals surface area contributed by atoms with Crippen molar-refractivity contribution in [2.24, 2.45) is 11.8 Å². The van der Waals surface area contributed by atoms with Gasteiger partial charge in [-0.15, -0.1) is 0 Å². The van der Waals surface area contributed by atoms with Gasteiger partial charge in [-0.1, -0.05) is 24.6 Å². The molecule has 2 unspecified atom stereocenters. The second kappa shape index (κ2) is 6.74. The summed E-state index contributed by atoms with van der Waals surface area (Å²) in [5, 5.41) is 17.9. The van der Waals surface area contributed by atoms with Gasteiger partial charge in [-0.3, -0.25) is 4.79 Å². The van der Waals surface area contributed by atoms with Gasteiger partial charge in [0.15, 0.2) is 0 Å². The van der Waals surface area contributed by atoms with E-state index in [-0.39, 0.29) is 13.0 Å². The number of carboxylic acid groups (broad SMARTS) is 1. The van der Waals surface area contributed by atoms with Crippen molar-refractivity contribution < 1.29 is 15.0 Å². The predicted molar refractivity (Wildman–Crippen MR) is 72.3 cm³/mol. The minimum atomic E-state index is -0.729. The Balaban J connectivity index is 2.67. The molecule has 1 aliphatic carbocycles. The molecule has 102 valence electrons. The molecule has 0 saturated heterocycles. The highest BCUT2D eigenvalue weighted by molar-refractivity contribution is 5.66. The van der Waals surface area contributed by atoms with Crippen LogP contribution < -0.4 is 0 Å². The van der Waals surface area contributed by atoms with E-state index in [0.29, 0.717) is 18.3 Å². The van der Waals surface area contributed by atoms with Crippen molar-refractivity contribution in [3.8, 4) is 0 Å². The molecule has 2 atom stereocenters. The molecule has 0 aliphatic heterocycles. The van der Waals surface area contributed by atoms with Crippen LogP contribution >= 0.6 is 0 Å². The third kappa shape index (κ3) is 3.98. The van der Waals surface area contributed by atoms with Crippen LogP contribution in [0.3, 0.4) is 0 Å². The van der Waals surface area contributed by atoms with Gasteiger partial charge in [-0.05, 0) is 50.0 Å². The summed E-state index contributed by atoms with van der Waals surface area (Å²) in [5.74, 6) is -0.0522. The fourth-order valence-corrected chi connectivity index (χ4v) is 2.71. The Morgan fingerprint density at radius 2 is 2.22 bits per heavy atom. The highest BCUT2D eigenvalue weighted by Crippen LogP contribution is 2.37. The number of hydrogen-bond donors (Lipinski definition) is 2. The molecule has 1 rings (SSSR count). The Morgan fingerprint density at radius 1 is 1.56 bits per heavy atom. The van der Waals surface area contributed by atoms with Crippen LogP contribution in [0, 0.1) is 11.8 Å². The summed E-state index contributed by atoms with van der Waals surface area (Å²) in [7, 11) is 0. The van der Waals surface area contributed by atoms with E-state index in [1.165, 1.54) is 11.1 Å². The maximum absolute atomic E-state index is 10.6. The third-order valence-corrected chi connectivity index (χ3v) is 4.05. The molecular formula is C15H24O3. The van der Waals surface area contributed by atoms with Crippen molar-refractivity contribution in [3.63, 3.8) is 0 Å². The van der Waals surface area contributed by atoms with Crippen LogP contribution in [0.1, 0.15) is 46.0 Å². The zero-order chi connectivity index (χ0) is 13.7. The van der Waals surface area contributed by atoms with Gasteiger partial charge in [0.1, 0.15) is 0 Å². The maximum atomic E-state index is 10.6. The molecule has 0 fully saturated rings. The minimum absolute atomic E-state index is 0.0561. The van der Waals surface area contributed by atoms with Crippen molar-refractivity contribution in [3.05, 3.63) is 23.3 Å². The molecule has 3 heteroatoms. The van der Waals surface area contributed by atoms with Crippen LogP contribution in [-0.4, -0.2) is 22.8 Å². The number of aliphatic carboxylic acids is 1. The fourth-order valence-electron chi connectivity index (χ4n) is 2.71. The number of allylic oxidation sites excluding steroid dienone is 2. The average Bonchev–Trinajstić information content (AvgIpc) is 2.35. The Hall–Kier alpha value is -1.09. The van der Waals surface area contributed by atoms with Crippen LogP contribution in [0.25, 0.3) is 0 Å². The highest BCUT2D eigenvalue weighted by Gasteiger charge is 2.24. The Morgan fingerprint density at radius 3 is 2.78 bits per heavy atom. The Labute approximate surface area is 109 Å². The van der Waals surface area contributed by atoms with E-state index in [0.717, 1.165) is 24.8 Å². The number of carbonyl (C=O) groups is 1. The molecule has 1 aliphatic rings. The smallest absolute Gasteiger partial charge is 0.303 e. The predicted octanol–water partition coefficient (Wildman–Crippen LogP) is 3.15. The maximum Gasteiger partial charge on any atom is 0.303 e. The SMILES string of the molecule is C=C(CO)C1CCC(C)=C(C(C)CCC(=O)O)C1. The van der Waals surface area contributed by atoms with Crippen molar-refractivity contribution in [1.82, 2.24) is 0 Å². The molecule has 0 spiro atoms. The summed E-state index contributed by atoms with van der Waals surface area (Å²) >= 11 is 0. The summed E-state index contributed by atoms with van der Waals surface area (Å²) in [4.78, 5) is 10.6. The molecule has 0 saturated carbocycles. The van der Waals surface area contributed by atoms with Crippen molar-refractivity contribution in [2.75, 3.05) is 6.61 Å². The van der Waals surface area contributed by atoms with Gasteiger partial charge in [0.25, 0.3) is 0 Å². The first kappa shape index (κ1) is 15.0. The fraction of sp³-hybridized carbons (Fsp3) is 0.667. The van der Waals surface area contributed by atoms with Crippen molar-refractivity contribution >= 4 is 5.97 Å². The molecule has 0 radical (unpaired) electrons. The van der Waals surface area contributed by atoms with Gasteiger partial charge < -0.3 is 10.2 Å². The van der Waals surface area contributed by atoms with E-state index in [2.05, 4.69) is 20.4 Å². The molecule has 0 amide bonds. The summed E-state index contributed by atoms with van der Waals surface area (Å²) < 4.78 is 0. The number of carboxylic acids is 1. The monoisotopic (exact) mass is 252 g/mol. The number of aliphatic hydroxyl groups excluding tert-OH is 1. The van der Waals surface area contributed by atoms with E-state index < -0.39 is 5.97 Å². The molecule has 0 aromatic carbocycles. The quantitative estimate of drug-likeness (QED) is 0.714. The second-order valence-corrected chi connectivity index (χ2v) is 5.40. The molecule has 0 aromatic rings. The van der Waals surface area contributed by atoms with E-state index in [1.54, 1.807) is 0 Å². The highest BCUT2D eigenvalue weighted by atomic mass is 16.4. The second-order valence-electron chi connectivity index (χ2n) is 5.40. The van der Waals surface area contributed by atoms with Crippen LogP contribution in [0.15, 0.2) is 23.3 Å². The van der Waals surface area contributed by atoms with E-state index in [9.17, 15) is 4.79 Å². The zero-order valence-electron chi connectivity index (χ0n) is 11.4. The standard InChI is InChI=1S/C15H24O3/c1-10-4-6-13(12(3)9-16)8-14(10)11(2)5-7-15(17)18/h11,13,16H,3-9H2,1-2H3,(H,17,18). The lowest BCUT2D eigenvalue weighted by Crippen LogP contribution is -2.17. The first-order chi connectivity index (χ1) is 8.45. The number of hydrogen-bond acceptors (Lipinski definition) is 2.